The highest BCUT2D eigenvalue weighted by atomic mass is 32.2. The van der Waals surface area contributed by atoms with Gasteiger partial charge in [-0.3, -0.25) is 9.69 Å². The van der Waals surface area contributed by atoms with Gasteiger partial charge in [0.1, 0.15) is 5.76 Å². The van der Waals surface area contributed by atoms with E-state index in [1.165, 1.54) is 12.8 Å². The van der Waals surface area contributed by atoms with Crippen molar-refractivity contribution in [2.75, 3.05) is 25.4 Å². The van der Waals surface area contributed by atoms with Gasteiger partial charge in [0.25, 0.3) is 5.91 Å². The summed E-state index contributed by atoms with van der Waals surface area (Å²) in [6.45, 7) is 5.88. The highest BCUT2D eigenvalue weighted by molar-refractivity contribution is 7.99. The number of carbonyl (C=O) groups excluding carboxylic acids is 1. The lowest BCUT2D eigenvalue weighted by atomic mass is 9.99. The maximum Gasteiger partial charge on any atom is 0.287 e. The van der Waals surface area contributed by atoms with Crippen molar-refractivity contribution in [1.82, 2.24) is 19.8 Å². The lowest BCUT2D eigenvalue weighted by Gasteiger charge is -2.29. The largest absolute Gasteiger partial charge is 0.455 e. The molecule has 0 radical (unpaired) electrons. The number of furan rings is 1. The summed E-state index contributed by atoms with van der Waals surface area (Å²) in [5.41, 5.74) is 0. The summed E-state index contributed by atoms with van der Waals surface area (Å²) in [6, 6.07) is 3.68. The molecule has 1 aliphatic rings. The fourth-order valence-electron chi connectivity index (χ4n) is 2.91. The van der Waals surface area contributed by atoms with Gasteiger partial charge in [-0.2, -0.15) is 0 Å². The second-order valence-electron chi connectivity index (χ2n) is 6.65. The molecule has 1 saturated heterocycles. The second kappa shape index (κ2) is 8.58. The predicted molar refractivity (Wildman–Crippen MR) is 98.6 cm³/mol. The van der Waals surface area contributed by atoms with Gasteiger partial charge in [-0.25, -0.2) is 4.98 Å². The number of carbonyl (C=O) groups is 1. The van der Waals surface area contributed by atoms with E-state index in [0.717, 1.165) is 42.2 Å². The molecule has 1 aliphatic heterocycles. The Hall–Kier alpha value is -1.73. The zero-order valence-corrected chi connectivity index (χ0v) is 15.7. The standard InChI is InChI=1S/C18H26N4O2S/c1-14-5-9-22(10-6-14)13-15-3-4-16(24-15)17(23)19-8-12-25-18-20-7-11-21(18)2/h3-4,7,11,14H,5-6,8-10,12-13H2,1-2H3,(H,19,23). The molecule has 0 saturated carbocycles. The maximum atomic E-state index is 12.2. The van der Waals surface area contributed by atoms with Crippen LogP contribution < -0.4 is 5.32 Å². The monoisotopic (exact) mass is 362 g/mol. The molecule has 3 heterocycles. The van der Waals surface area contributed by atoms with Crippen LogP contribution in [0, 0.1) is 5.92 Å². The third-order valence-electron chi connectivity index (χ3n) is 4.54. The molecular formula is C18H26N4O2S. The van der Waals surface area contributed by atoms with Gasteiger partial charge < -0.3 is 14.3 Å². The number of piperidine rings is 1. The Kier molecular flexibility index (Phi) is 6.20. The number of hydrogen-bond acceptors (Lipinski definition) is 5. The van der Waals surface area contributed by atoms with E-state index in [9.17, 15) is 4.79 Å². The topological polar surface area (TPSA) is 63.3 Å². The highest BCUT2D eigenvalue weighted by Crippen LogP contribution is 2.19. The first-order valence-corrected chi connectivity index (χ1v) is 9.80. The molecule has 0 unspecified atom stereocenters. The van der Waals surface area contributed by atoms with Gasteiger partial charge >= 0.3 is 0 Å². The highest BCUT2D eigenvalue weighted by Gasteiger charge is 2.18. The van der Waals surface area contributed by atoms with Crippen LogP contribution in [0.1, 0.15) is 36.1 Å². The number of aromatic nitrogens is 2. The molecule has 1 fully saturated rings. The zero-order valence-electron chi connectivity index (χ0n) is 14.9. The first-order valence-electron chi connectivity index (χ1n) is 8.81. The van der Waals surface area contributed by atoms with Crippen LogP contribution in [0.3, 0.4) is 0 Å². The first kappa shape index (κ1) is 18.1. The lowest BCUT2D eigenvalue weighted by molar-refractivity contribution is 0.0923. The Bertz CT molecular complexity index is 689. The maximum absolute atomic E-state index is 12.2. The van der Waals surface area contributed by atoms with Crippen molar-refractivity contribution in [2.24, 2.45) is 13.0 Å². The molecule has 0 spiro atoms. The molecule has 1 N–H and O–H groups in total. The Morgan fingerprint density at radius 3 is 2.92 bits per heavy atom. The molecule has 7 heteroatoms. The summed E-state index contributed by atoms with van der Waals surface area (Å²) in [7, 11) is 1.96. The quantitative estimate of drug-likeness (QED) is 0.606. The van der Waals surface area contributed by atoms with Crippen LogP contribution in [0.5, 0.6) is 0 Å². The van der Waals surface area contributed by atoms with Crippen LogP contribution >= 0.6 is 11.8 Å². The molecule has 0 aliphatic carbocycles. The summed E-state index contributed by atoms with van der Waals surface area (Å²) in [5, 5.41) is 3.85. The van der Waals surface area contributed by atoms with Crippen molar-refractivity contribution in [2.45, 2.75) is 31.5 Å². The number of likely N-dealkylation sites (tertiary alicyclic amines) is 1. The number of nitrogens with one attached hydrogen (secondary N) is 1. The molecule has 25 heavy (non-hydrogen) atoms. The minimum atomic E-state index is -0.154. The van der Waals surface area contributed by atoms with E-state index in [1.807, 2.05) is 23.9 Å². The lowest BCUT2D eigenvalue weighted by Crippen LogP contribution is -2.32. The van der Waals surface area contributed by atoms with E-state index in [2.05, 4.69) is 22.1 Å². The third kappa shape index (κ3) is 5.12. The zero-order chi connectivity index (χ0) is 17.6. The predicted octanol–water partition coefficient (Wildman–Crippen LogP) is 2.77. The Morgan fingerprint density at radius 1 is 1.40 bits per heavy atom. The summed E-state index contributed by atoms with van der Waals surface area (Å²) in [6.07, 6.45) is 6.16. The number of amides is 1. The molecule has 0 atom stereocenters. The minimum Gasteiger partial charge on any atom is -0.455 e. The van der Waals surface area contributed by atoms with Crippen molar-refractivity contribution in [3.8, 4) is 0 Å². The van der Waals surface area contributed by atoms with Crippen molar-refractivity contribution in [3.05, 3.63) is 36.0 Å². The van der Waals surface area contributed by atoms with Gasteiger partial charge in [0, 0.05) is 31.7 Å². The molecule has 3 rings (SSSR count). The van der Waals surface area contributed by atoms with E-state index in [4.69, 9.17) is 4.42 Å². The number of rotatable bonds is 7. The summed E-state index contributed by atoms with van der Waals surface area (Å²) in [5.74, 6) is 2.69. The van der Waals surface area contributed by atoms with Gasteiger partial charge in [0.05, 0.1) is 6.54 Å². The van der Waals surface area contributed by atoms with E-state index in [0.29, 0.717) is 12.3 Å². The molecule has 1 amide bonds. The van der Waals surface area contributed by atoms with E-state index < -0.39 is 0 Å². The third-order valence-corrected chi connectivity index (χ3v) is 5.60. The number of thioether (sulfide) groups is 1. The number of aryl methyl sites for hydroxylation is 1. The van der Waals surface area contributed by atoms with Gasteiger partial charge in [0.15, 0.2) is 10.9 Å². The number of hydrogen-bond donors (Lipinski definition) is 1. The van der Waals surface area contributed by atoms with Crippen molar-refractivity contribution >= 4 is 17.7 Å². The van der Waals surface area contributed by atoms with Crippen molar-refractivity contribution in [3.63, 3.8) is 0 Å². The van der Waals surface area contributed by atoms with Crippen molar-refractivity contribution < 1.29 is 9.21 Å². The smallest absolute Gasteiger partial charge is 0.287 e. The summed E-state index contributed by atoms with van der Waals surface area (Å²) < 4.78 is 7.69. The van der Waals surface area contributed by atoms with Crippen LogP contribution in [0.25, 0.3) is 0 Å². The van der Waals surface area contributed by atoms with Gasteiger partial charge in [-0.1, -0.05) is 18.7 Å². The first-order chi connectivity index (χ1) is 12.1. The normalized spacial score (nSPS) is 16.2. The molecule has 2 aromatic heterocycles. The van der Waals surface area contributed by atoms with Crippen LogP contribution in [-0.2, 0) is 13.6 Å². The Morgan fingerprint density at radius 2 is 2.20 bits per heavy atom. The molecule has 6 nitrogen and oxygen atoms in total. The van der Waals surface area contributed by atoms with Crippen LogP contribution in [-0.4, -0.2) is 45.7 Å². The average Bonchev–Trinajstić information content (AvgIpc) is 3.23. The molecular weight excluding hydrogens is 336 g/mol. The molecule has 0 aromatic carbocycles. The minimum absolute atomic E-state index is 0.154. The molecule has 0 bridgehead atoms. The summed E-state index contributed by atoms with van der Waals surface area (Å²) >= 11 is 1.62. The van der Waals surface area contributed by atoms with E-state index >= 15 is 0 Å². The van der Waals surface area contributed by atoms with Gasteiger partial charge in [0.2, 0.25) is 0 Å². The van der Waals surface area contributed by atoms with Crippen molar-refractivity contribution in [1.29, 1.82) is 0 Å². The van der Waals surface area contributed by atoms with Crippen LogP contribution in [0.4, 0.5) is 0 Å². The molecule has 136 valence electrons. The number of nitrogens with zero attached hydrogens (tertiary/aromatic N) is 3. The number of imidazole rings is 1. The second-order valence-corrected chi connectivity index (χ2v) is 7.71. The Labute approximate surface area is 153 Å². The van der Waals surface area contributed by atoms with Crippen LogP contribution in [0.2, 0.25) is 0 Å². The SMILES string of the molecule is CC1CCN(Cc2ccc(C(=O)NCCSc3nccn3C)o2)CC1. The van der Waals surface area contributed by atoms with Gasteiger partial charge in [-0.05, 0) is 44.0 Å². The van der Waals surface area contributed by atoms with Gasteiger partial charge in [-0.15, -0.1) is 0 Å². The van der Waals surface area contributed by atoms with E-state index in [1.54, 1.807) is 24.0 Å². The molecule has 2 aromatic rings. The fourth-order valence-corrected chi connectivity index (χ4v) is 3.70. The van der Waals surface area contributed by atoms with Crippen LogP contribution in [0.15, 0.2) is 34.1 Å². The summed E-state index contributed by atoms with van der Waals surface area (Å²) in [4.78, 5) is 18.8. The van der Waals surface area contributed by atoms with E-state index in [-0.39, 0.29) is 5.91 Å². The average molecular weight is 362 g/mol. The Balaban J connectivity index is 1.40. The fraction of sp³-hybridized carbons (Fsp3) is 0.556.